The normalized spacial score (nSPS) is 12.0. The van der Waals surface area contributed by atoms with Crippen LogP contribution in [0.25, 0.3) is 0 Å². The molecule has 1 N–H and O–H groups in total. The summed E-state index contributed by atoms with van der Waals surface area (Å²) in [4.78, 5) is 10.9. The van der Waals surface area contributed by atoms with Crippen molar-refractivity contribution in [3.63, 3.8) is 0 Å². The molecule has 1 amide bonds. The molecule has 0 heterocycles. The minimum absolute atomic E-state index is 0.190. The van der Waals surface area contributed by atoms with Gasteiger partial charge < -0.3 is 14.8 Å². The fraction of sp³-hybridized carbons (Fsp3) is 0.500. The third-order valence-corrected chi connectivity index (χ3v) is 3.02. The molecule has 0 aliphatic heterocycles. The molecule has 0 atom stereocenters. The number of hydrogen-bond acceptors (Lipinski definition) is 3. The van der Waals surface area contributed by atoms with Crippen molar-refractivity contribution in [3.05, 3.63) is 23.8 Å². The largest absolute Gasteiger partial charge is 0.493 e. The van der Waals surface area contributed by atoms with Crippen LogP contribution in [0.1, 0.15) is 12.0 Å². The molecule has 23 heavy (non-hydrogen) atoms. The lowest BCUT2D eigenvalue weighted by atomic mass is 10.1. The molecule has 0 fully saturated rings. The quantitative estimate of drug-likeness (QED) is 0.613. The molecule has 0 unspecified atom stereocenters. The first-order valence-electron chi connectivity index (χ1n) is 6.57. The van der Waals surface area contributed by atoms with E-state index in [1.807, 2.05) is 0 Å². The first kappa shape index (κ1) is 19.0. The highest BCUT2D eigenvalue weighted by molar-refractivity contribution is 5.84. The van der Waals surface area contributed by atoms with Crippen LogP contribution in [0.15, 0.2) is 18.2 Å². The second kappa shape index (κ2) is 7.47. The number of hydrogen-bond donors (Lipinski definition) is 1. The molecular weight excluding hydrogens is 325 g/mol. The van der Waals surface area contributed by atoms with Gasteiger partial charge in [0.05, 0.1) is 14.2 Å². The molecule has 0 saturated heterocycles. The number of halogens is 5. The minimum atomic E-state index is -5.90. The Morgan fingerprint density at radius 3 is 2.22 bits per heavy atom. The summed E-state index contributed by atoms with van der Waals surface area (Å²) < 4.78 is 71.4. The van der Waals surface area contributed by atoms with Gasteiger partial charge >= 0.3 is 12.1 Å². The Morgan fingerprint density at radius 2 is 1.70 bits per heavy atom. The molecule has 1 rings (SSSR count). The van der Waals surface area contributed by atoms with Crippen molar-refractivity contribution in [2.24, 2.45) is 0 Å². The second-order valence-electron chi connectivity index (χ2n) is 4.62. The van der Waals surface area contributed by atoms with E-state index in [1.165, 1.54) is 14.2 Å². The predicted octanol–water partition coefficient (Wildman–Crippen LogP) is 2.95. The first-order chi connectivity index (χ1) is 10.6. The lowest BCUT2D eigenvalue weighted by Gasteiger charge is -2.18. The smallest absolute Gasteiger partial charge is 0.463 e. The number of aryl methyl sites for hydroxylation is 1. The molecule has 1 aromatic rings. The zero-order chi connectivity index (χ0) is 17.7. The average Bonchev–Trinajstić information content (AvgIpc) is 2.49. The maximum absolute atomic E-state index is 12.7. The summed E-state index contributed by atoms with van der Waals surface area (Å²) in [5.41, 5.74) is 0.763. The third-order valence-electron chi connectivity index (χ3n) is 3.02. The van der Waals surface area contributed by atoms with E-state index < -0.39 is 18.0 Å². The van der Waals surface area contributed by atoms with Crippen LogP contribution in [0.3, 0.4) is 0 Å². The van der Waals surface area contributed by atoms with Crippen molar-refractivity contribution in [1.29, 1.82) is 0 Å². The summed E-state index contributed by atoms with van der Waals surface area (Å²) in [6, 6.07) is 5.00. The van der Waals surface area contributed by atoms with Gasteiger partial charge in [-0.1, -0.05) is 6.07 Å². The van der Waals surface area contributed by atoms with Gasteiger partial charge in [0.15, 0.2) is 11.5 Å². The van der Waals surface area contributed by atoms with Gasteiger partial charge in [-0.2, -0.15) is 22.0 Å². The van der Waals surface area contributed by atoms with Crippen molar-refractivity contribution in [2.75, 3.05) is 20.8 Å². The van der Waals surface area contributed by atoms with Gasteiger partial charge in [0.2, 0.25) is 0 Å². The van der Waals surface area contributed by atoms with E-state index in [-0.39, 0.29) is 13.0 Å². The molecule has 1 aromatic carbocycles. The Kier molecular flexibility index (Phi) is 6.17. The molecule has 0 aromatic heterocycles. The Balaban J connectivity index is 2.51. The van der Waals surface area contributed by atoms with Gasteiger partial charge in [-0.3, -0.25) is 4.79 Å². The Hall–Kier alpha value is -2.06. The number of carbonyl (C=O) groups is 1. The number of alkyl halides is 5. The van der Waals surface area contributed by atoms with E-state index in [1.54, 1.807) is 23.5 Å². The van der Waals surface area contributed by atoms with Gasteiger partial charge in [-0.05, 0) is 30.5 Å². The molecule has 0 spiro atoms. The van der Waals surface area contributed by atoms with Crippen LogP contribution < -0.4 is 14.8 Å². The van der Waals surface area contributed by atoms with Crippen molar-refractivity contribution in [2.45, 2.75) is 24.9 Å². The fourth-order valence-corrected chi connectivity index (χ4v) is 1.77. The van der Waals surface area contributed by atoms with Crippen LogP contribution in [0.4, 0.5) is 22.0 Å². The van der Waals surface area contributed by atoms with Crippen LogP contribution in [-0.2, 0) is 11.2 Å². The summed E-state index contributed by atoms with van der Waals surface area (Å²) in [6.45, 7) is -0.307. The highest BCUT2D eigenvalue weighted by atomic mass is 19.4. The molecule has 0 saturated carbocycles. The van der Waals surface area contributed by atoms with Crippen molar-refractivity contribution in [1.82, 2.24) is 5.32 Å². The van der Waals surface area contributed by atoms with Crippen molar-refractivity contribution in [3.8, 4) is 11.5 Å². The van der Waals surface area contributed by atoms with E-state index in [9.17, 15) is 26.7 Å². The summed E-state index contributed by atoms with van der Waals surface area (Å²) >= 11 is 0. The fourth-order valence-electron chi connectivity index (χ4n) is 1.77. The number of benzene rings is 1. The highest BCUT2D eigenvalue weighted by Gasteiger charge is 2.63. The van der Waals surface area contributed by atoms with Crippen LogP contribution in [0.2, 0.25) is 0 Å². The van der Waals surface area contributed by atoms with Crippen LogP contribution in [0.5, 0.6) is 11.5 Å². The van der Waals surface area contributed by atoms with Crippen molar-refractivity contribution >= 4 is 5.91 Å². The van der Waals surface area contributed by atoms with E-state index in [2.05, 4.69) is 0 Å². The summed E-state index contributed by atoms with van der Waals surface area (Å²) in [6.07, 6.45) is -5.35. The average molecular weight is 341 g/mol. The Bertz CT molecular complexity index is 546. The van der Waals surface area contributed by atoms with Gasteiger partial charge in [0, 0.05) is 6.54 Å². The number of carbonyl (C=O) groups excluding carboxylic acids is 1. The zero-order valence-electron chi connectivity index (χ0n) is 12.5. The van der Waals surface area contributed by atoms with E-state index >= 15 is 0 Å². The Labute approximate surface area is 129 Å². The third kappa shape index (κ3) is 4.70. The summed E-state index contributed by atoms with van der Waals surface area (Å²) in [5, 5.41) is 1.59. The molecule has 0 aliphatic carbocycles. The van der Waals surface area contributed by atoms with Gasteiger partial charge in [-0.25, -0.2) is 0 Å². The molecule has 4 nitrogen and oxygen atoms in total. The highest BCUT2D eigenvalue weighted by Crippen LogP contribution is 2.35. The van der Waals surface area contributed by atoms with Crippen LogP contribution in [-0.4, -0.2) is 38.8 Å². The van der Waals surface area contributed by atoms with Crippen LogP contribution >= 0.6 is 0 Å². The summed E-state index contributed by atoms with van der Waals surface area (Å²) in [7, 11) is 2.91. The molecule has 0 aliphatic rings. The lowest BCUT2D eigenvalue weighted by molar-refractivity contribution is -0.269. The second-order valence-corrected chi connectivity index (χ2v) is 4.62. The molecule has 130 valence electrons. The van der Waals surface area contributed by atoms with Crippen LogP contribution in [0, 0.1) is 0 Å². The van der Waals surface area contributed by atoms with E-state index in [0.29, 0.717) is 17.9 Å². The topological polar surface area (TPSA) is 47.6 Å². The number of amides is 1. The standard InChI is InChI=1S/C14H16F5NO3/c1-22-10-6-5-9(8-11(10)23-2)4-3-7-20-12(21)13(15,16)14(17,18)19/h5-6,8H,3-4,7H2,1-2H3,(H,20,21). The van der Waals surface area contributed by atoms with E-state index in [4.69, 9.17) is 9.47 Å². The molecule has 9 heteroatoms. The first-order valence-corrected chi connectivity index (χ1v) is 6.57. The molecule has 0 radical (unpaired) electrons. The lowest BCUT2D eigenvalue weighted by Crippen LogP contribution is -2.50. The Morgan fingerprint density at radius 1 is 1.09 bits per heavy atom. The number of rotatable bonds is 7. The minimum Gasteiger partial charge on any atom is -0.493 e. The van der Waals surface area contributed by atoms with Crippen molar-refractivity contribution < 1.29 is 36.2 Å². The number of methoxy groups -OCH3 is 2. The molecule has 0 bridgehead atoms. The number of ether oxygens (including phenoxy) is 2. The van der Waals surface area contributed by atoms with E-state index in [0.717, 1.165) is 5.56 Å². The maximum atomic E-state index is 12.7. The monoisotopic (exact) mass is 341 g/mol. The molecular formula is C14H16F5NO3. The zero-order valence-corrected chi connectivity index (χ0v) is 12.5. The van der Waals surface area contributed by atoms with Gasteiger partial charge in [0.1, 0.15) is 0 Å². The SMILES string of the molecule is COc1ccc(CCCNC(=O)C(F)(F)C(F)(F)F)cc1OC. The summed E-state index contributed by atoms with van der Waals surface area (Å²) in [5.74, 6) is -6.76. The van der Waals surface area contributed by atoms with Gasteiger partial charge in [0.25, 0.3) is 5.91 Å². The maximum Gasteiger partial charge on any atom is 0.463 e. The number of nitrogens with one attached hydrogen (secondary N) is 1. The predicted molar refractivity (Wildman–Crippen MR) is 71.9 cm³/mol. The van der Waals surface area contributed by atoms with Gasteiger partial charge in [-0.15, -0.1) is 0 Å².